The molecule has 0 unspecified atom stereocenters. The summed E-state index contributed by atoms with van der Waals surface area (Å²) in [7, 11) is 0. The van der Waals surface area contributed by atoms with E-state index in [4.69, 9.17) is 23.2 Å². The largest absolute Gasteiger partial charge is 0.306 e. The fourth-order valence-corrected chi connectivity index (χ4v) is 2.95. The van der Waals surface area contributed by atoms with Crippen molar-refractivity contribution in [2.24, 2.45) is 0 Å². The van der Waals surface area contributed by atoms with Crippen molar-refractivity contribution in [2.75, 3.05) is 5.32 Å². The lowest BCUT2D eigenvalue weighted by Gasteiger charge is -2.06. The van der Waals surface area contributed by atoms with Gasteiger partial charge in [-0.2, -0.15) is 0 Å². The van der Waals surface area contributed by atoms with Crippen molar-refractivity contribution in [3.63, 3.8) is 0 Å². The van der Waals surface area contributed by atoms with Crippen LogP contribution in [0.2, 0.25) is 10.3 Å². The number of halogens is 2. The van der Waals surface area contributed by atoms with Gasteiger partial charge in [-0.15, -0.1) is 0 Å². The number of nitrogens with zero attached hydrogens (tertiary/aromatic N) is 2. The van der Waals surface area contributed by atoms with Crippen molar-refractivity contribution in [2.45, 2.75) is 0 Å². The molecule has 0 saturated heterocycles. The Bertz CT molecular complexity index is 892. The van der Waals surface area contributed by atoms with Gasteiger partial charge >= 0.3 is 0 Å². The van der Waals surface area contributed by atoms with Crippen LogP contribution in [0.1, 0.15) is 10.4 Å². The first-order valence-corrected chi connectivity index (χ1v) is 6.29. The maximum absolute atomic E-state index is 11.9. The number of pyridine rings is 2. The van der Waals surface area contributed by atoms with E-state index in [0.717, 1.165) is 21.5 Å². The van der Waals surface area contributed by atoms with Crippen LogP contribution in [0.15, 0.2) is 24.4 Å². The Kier molecular flexibility index (Phi) is 2.05. The van der Waals surface area contributed by atoms with E-state index in [2.05, 4.69) is 15.3 Å². The van der Waals surface area contributed by atoms with Crippen LogP contribution < -0.4 is 5.32 Å². The highest BCUT2D eigenvalue weighted by Gasteiger charge is 2.25. The summed E-state index contributed by atoms with van der Waals surface area (Å²) in [5.74, 6) is 0.300. The van der Waals surface area contributed by atoms with Crippen LogP contribution in [0.5, 0.6) is 0 Å². The summed E-state index contributed by atoms with van der Waals surface area (Å²) in [5.41, 5.74) is 0.587. The van der Waals surface area contributed by atoms with Crippen molar-refractivity contribution < 1.29 is 4.79 Å². The van der Waals surface area contributed by atoms with Gasteiger partial charge in [-0.3, -0.25) is 4.79 Å². The van der Waals surface area contributed by atoms with Crippen LogP contribution in [0.4, 0.5) is 5.82 Å². The standard InChI is InChI=1S/C13H5Cl2N3O/c14-8-4-6-9-5(1-2-16-11(9)15)3-7-10(6)12(17-8)18-13(7)19/h1-4H,(H,17,18,19). The van der Waals surface area contributed by atoms with Crippen LogP contribution >= 0.6 is 23.2 Å². The predicted octanol–water partition coefficient (Wildman–Crippen LogP) is 3.66. The molecule has 3 aromatic rings. The minimum Gasteiger partial charge on any atom is -0.306 e. The maximum Gasteiger partial charge on any atom is 0.257 e. The van der Waals surface area contributed by atoms with Gasteiger partial charge in [0.15, 0.2) is 0 Å². The number of anilines is 1. The SMILES string of the molecule is O=C1Nc2nc(Cl)cc3c2c1cc1ccnc(Cl)c13. The van der Waals surface area contributed by atoms with E-state index in [0.29, 0.717) is 21.7 Å². The van der Waals surface area contributed by atoms with Gasteiger partial charge in [0, 0.05) is 22.4 Å². The second-order valence-electron chi connectivity index (χ2n) is 4.29. The second kappa shape index (κ2) is 3.56. The molecule has 0 bridgehead atoms. The molecule has 0 saturated carbocycles. The zero-order valence-electron chi connectivity index (χ0n) is 9.37. The molecule has 1 amide bonds. The number of carbonyl (C=O) groups excluding carboxylic acids is 1. The Morgan fingerprint density at radius 1 is 1.16 bits per heavy atom. The highest BCUT2D eigenvalue weighted by Crippen LogP contribution is 2.39. The van der Waals surface area contributed by atoms with E-state index < -0.39 is 0 Å². The molecule has 2 aromatic heterocycles. The predicted molar refractivity (Wildman–Crippen MR) is 75.0 cm³/mol. The molecule has 0 radical (unpaired) electrons. The number of aromatic nitrogens is 2. The Morgan fingerprint density at radius 3 is 2.84 bits per heavy atom. The van der Waals surface area contributed by atoms with Gasteiger partial charge < -0.3 is 5.32 Å². The lowest BCUT2D eigenvalue weighted by molar-refractivity contribution is 0.103. The van der Waals surface area contributed by atoms with Crippen molar-refractivity contribution in [1.82, 2.24) is 9.97 Å². The number of benzene rings is 1. The fourth-order valence-electron chi connectivity index (χ4n) is 2.49. The van der Waals surface area contributed by atoms with Crippen LogP contribution in [0.25, 0.3) is 21.5 Å². The van der Waals surface area contributed by atoms with Crippen LogP contribution in [-0.2, 0) is 0 Å². The van der Waals surface area contributed by atoms with Gasteiger partial charge in [-0.05, 0) is 23.6 Å². The summed E-state index contributed by atoms with van der Waals surface area (Å²) >= 11 is 12.2. The van der Waals surface area contributed by atoms with Gasteiger partial charge in [0.05, 0.1) is 5.56 Å². The lowest BCUT2D eigenvalue weighted by Crippen LogP contribution is -2.04. The van der Waals surface area contributed by atoms with Gasteiger partial charge in [-0.1, -0.05) is 23.2 Å². The molecule has 1 N–H and O–H groups in total. The minimum absolute atomic E-state index is 0.176. The van der Waals surface area contributed by atoms with E-state index in [9.17, 15) is 4.79 Å². The number of hydrogen-bond donors (Lipinski definition) is 1. The van der Waals surface area contributed by atoms with Crippen LogP contribution in [0, 0.1) is 0 Å². The summed E-state index contributed by atoms with van der Waals surface area (Å²) in [5, 5.41) is 6.58. The van der Waals surface area contributed by atoms with E-state index >= 15 is 0 Å². The summed E-state index contributed by atoms with van der Waals surface area (Å²) < 4.78 is 0. The molecule has 0 aliphatic carbocycles. The zero-order valence-corrected chi connectivity index (χ0v) is 10.9. The molecule has 3 heterocycles. The summed E-state index contributed by atoms with van der Waals surface area (Å²) in [4.78, 5) is 20.2. The number of carbonyl (C=O) groups is 1. The quantitative estimate of drug-likeness (QED) is 0.508. The van der Waals surface area contributed by atoms with Crippen molar-refractivity contribution in [3.8, 4) is 0 Å². The molecule has 4 rings (SSSR count). The Morgan fingerprint density at radius 2 is 2.00 bits per heavy atom. The first-order chi connectivity index (χ1) is 9.15. The van der Waals surface area contributed by atoms with Gasteiger partial charge in [0.2, 0.25) is 0 Å². The zero-order chi connectivity index (χ0) is 13.1. The van der Waals surface area contributed by atoms with Gasteiger partial charge in [0.1, 0.15) is 16.1 Å². The van der Waals surface area contributed by atoms with Crippen molar-refractivity contribution >= 4 is 56.5 Å². The van der Waals surface area contributed by atoms with E-state index in [1.165, 1.54) is 0 Å². The molecule has 1 aromatic carbocycles. The summed E-state index contributed by atoms with van der Waals surface area (Å²) in [6.07, 6.45) is 1.61. The number of nitrogens with one attached hydrogen (secondary N) is 1. The average molecular weight is 290 g/mol. The third-order valence-corrected chi connectivity index (χ3v) is 3.72. The average Bonchev–Trinajstić information content (AvgIpc) is 2.66. The van der Waals surface area contributed by atoms with Crippen molar-refractivity contribution in [1.29, 1.82) is 0 Å². The Hall–Kier alpha value is -1.91. The highest BCUT2D eigenvalue weighted by molar-refractivity contribution is 6.39. The summed E-state index contributed by atoms with van der Waals surface area (Å²) in [6, 6.07) is 5.32. The second-order valence-corrected chi connectivity index (χ2v) is 5.04. The molecule has 0 atom stereocenters. The smallest absolute Gasteiger partial charge is 0.257 e. The number of fused-ring (bicyclic) bond motifs is 2. The number of rotatable bonds is 0. The molecule has 1 aliphatic heterocycles. The van der Waals surface area contributed by atoms with Crippen LogP contribution in [0.3, 0.4) is 0 Å². The normalized spacial score (nSPS) is 13.3. The molecule has 92 valence electrons. The molecular formula is C13H5Cl2N3O. The monoisotopic (exact) mass is 289 g/mol. The van der Waals surface area contributed by atoms with Gasteiger partial charge in [-0.25, -0.2) is 9.97 Å². The minimum atomic E-state index is -0.176. The Labute approximate surface area is 117 Å². The third-order valence-electron chi connectivity index (χ3n) is 3.24. The van der Waals surface area contributed by atoms with E-state index in [1.807, 2.05) is 6.07 Å². The first-order valence-electron chi connectivity index (χ1n) is 5.54. The summed E-state index contributed by atoms with van der Waals surface area (Å²) in [6.45, 7) is 0. The van der Waals surface area contributed by atoms with E-state index in [1.54, 1.807) is 18.3 Å². The topological polar surface area (TPSA) is 54.9 Å². The molecule has 6 heteroatoms. The third kappa shape index (κ3) is 1.38. The fraction of sp³-hybridized carbons (Fsp3) is 0. The number of amides is 1. The molecule has 0 spiro atoms. The highest BCUT2D eigenvalue weighted by atomic mass is 35.5. The lowest BCUT2D eigenvalue weighted by atomic mass is 10.0. The molecule has 1 aliphatic rings. The molecule has 0 fully saturated rings. The maximum atomic E-state index is 11.9. The first kappa shape index (κ1) is 11.0. The molecule has 19 heavy (non-hydrogen) atoms. The van der Waals surface area contributed by atoms with Gasteiger partial charge in [0.25, 0.3) is 5.91 Å². The number of hydrogen-bond acceptors (Lipinski definition) is 3. The van der Waals surface area contributed by atoms with Crippen LogP contribution in [-0.4, -0.2) is 15.9 Å². The van der Waals surface area contributed by atoms with E-state index in [-0.39, 0.29) is 5.91 Å². The molecular weight excluding hydrogens is 285 g/mol. The Balaban J connectivity index is 2.37. The molecule has 4 nitrogen and oxygen atoms in total. The van der Waals surface area contributed by atoms with Crippen molar-refractivity contribution in [3.05, 3.63) is 40.3 Å².